The summed E-state index contributed by atoms with van der Waals surface area (Å²) in [6.07, 6.45) is 0. The smallest absolute Gasteiger partial charge is 0.327 e. The van der Waals surface area contributed by atoms with Crippen molar-refractivity contribution in [1.29, 1.82) is 0 Å². The Bertz CT molecular complexity index is 453. The molecule has 1 N–H and O–H groups in total. The fourth-order valence-corrected chi connectivity index (χ4v) is 1.91. The number of carbonyl (C=O) groups excluding carboxylic acids is 1. The molecule has 1 aromatic rings. The van der Waals surface area contributed by atoms with Crippen LogP contribution >= 0.6 is 12.6 Å². The highest BCUT2D eigenvalue weighted by Crippen LogP contribution is 2.13. The van der Waals surface area contributed by atoms with E-state index < -0.39 is 23.7 Å². The highest BCUT2D eigenvalue weighted by Gasteiger charge is 2.27. The van der Waals surface area contributed by atoms with Crippen molar-refractivity contribution in [2.24, 2.45) is 0 Å². The quantitative estimate of drug-likeness (QED) is 0.799. The van der Waals surface area contributed by atoms with Gasteiger partial charge in [0.2, 0.25) is 5.91 Å². The zero-order valence-electron chi connectivity index (χ0n) is 9.84. The molecule has 0 aromatic heterocycles. The van der Waals surface area contributed by atoms with E-state index in [9.17, 15) is 14.0 Å². The highest BCUT2D eigenvalue weighted by atomic mass is 32.1. The predicted molar refractivity (Wildman–Crippen MR) is 67.9 cm³/mol. The number of carbonyl (C=O) groups is 2. The maximum Gasteiger partial charge on any atom is 0.327 e. The van der Waals surface area contributed by atoms with Crippen LogP contribution < -0.4 is 0 Å². The second-order valence-corrected chi connectivity index (χ2v) is 4.14. The molecule has 0 heterocycles. The van der Waals surface area contributed by atoms with Gasteiger partial charge in [-0.3, -0.25) is 4.79 Å². The Labute approximate surface area is 110 Å². The summed E-state index contributed by atoms with van der Waals surface area (Å²) in [6, 6.07) is 4.88. The molecule has 0 bridgehead atoms. The first-order chi connectivity index (χ1) is 8.47. The van der Waals surface area contributed by atoms with Gasteiger partial charge in [0.05, 0.1) is 0 Å². The molecule has 0 spiro atoms. The lowest BCUT2D eigenvalue weighted by molar-refractivity contribution is -0.148. The van der Waals surface area contributed by atoms with Crippen molar-refractivity contribution in [3.63, 3.8) is 0 Å². The van der Waals surface area contributed by atoms with Crippen LogP contribution in [-0.4, -0.2) is 33.7 Å². The van der Waals surface area contributed by atoms with E-state index in [4.69, 9.17) is 5.11 Å². The molecule has 0 saturated carbocycles. The average Bonchev–Trinajstić information content (AvgIpc) is 2.30. The third kappa shape index (κ3) is 3.46. The number of aliphatic carboxylic acids is 1. The summed E-state index contributed by atoms with van der Waals surface area (Å²) in [5, 5.41) is 9.00. The minimum Gasteiger partial charge on any atom is -0.480 e. The van der Waals surface area contributed by atoms with Gasteiger partial charge in [-0.1, -0.05) is 18.2 Å². The summed E-state index contributed by atoms with van der Waals surface area (Å²) in [7, 11) is 0. The maximum absolute atomic E-state index is 13.5. The van der Waals surface area contributed by atoms with Gasteiger partial charge in [-0.25, -0.2) is 9.18 Å². The summed E-state index contributed by atoms with van der Waals surface area (Å²) >= 11 is 3.91. The largest absolute Gasteiger partial charge is 0.480 e. The van der Waals surface area contributed by atoms with E-state index >= 15 is 0 Å². The molecule has 0 aliphatic carbocycles. The van der Waals surface area contributed by atoms with Crippen molar-refractivity contribution in [1.82, 2.24) is 4.90 Å². The molecule has 1 atom stereocenters. The van der Waals surface area contributed by atoms with Gasteiger partial charge in [0.15, 0.2) is 0 Å². The second kappa shape index (κ2) is 6.39. The lowest BCUT2D eigenvalue weighted by atomic mass is 10.1. The number of rotatable bonds is 5. The van der Waals surface area contributed by atoms with E-state index in [2.05, 4.69) is 12.6 Å². The van der Waals surface area contributed by atoms with Gasteiger partial charge in [-0.2, -0.15) is 12.6 Å². The molecule has 1 amide bonds. The Balaban J connectivity index is 2.97. The van der Waals surface area contributed by atoms with Crippen LogP contribution in [0.2, 0.25) is 0 Å². The van der Waals surface area contributed by atoms with Crippen molar-refractivity contribution < 1.29 is 19.1 Å². The Kier molecular flexibility index (Phi) is 5.15. The molecule has 6 heteroatoms. The molecule has 98 valence electrons. The van der Waals surface area contributed by atoms with E-state index in [1.54, 1.807) is 6.07 Å². The van der Waals surface area contributed by atoms with Crippen molar-refractivity contribution in [3.8, 4) is 0 Å². The first-order valence-corrected chi connectivity index (χ1v) is 5.95. The maximum atomic E-state index is 13.5. The lowest BCUT2D eigenvalue weighted by Crippen LogP contribution is -2.45. The number of benzene rings is 1. The number of carboxylic acid groups (broad SMARTS) is 1. The number of amides is 1. The molecule has 0 saturated heterocycles. The molecule has 1 aromatic carbocycles. The van der Waals surface area contributed by atoms with Crippen LogP contribution in [0.4, 0.5) is 4.39 Å². The molecule has 0 fully saturated rings. The van der Waals surface area contributed by atoms with Crippen LogP contribution in [0.1, 0.15) is 12.5 Å². The number of halogens is 1. The zero-order valence-corrected chi connectivity index (χ0v) is 10.7. The van der Waals surface area contributed by atoms with Gasteiger partial charge >= 0.3 is 5.97 Å². The average molecular weight is 271 g/mol. The van der Waals surface area contributed by atoms with Crippen LogP contribution in [0.25, 0.3) is 0 Å². The summed E-state index contributed by atoms with van der Waals surface area (Å²) in [5.74, 6) is -2.08. The Morgan fingerprint density at radius 2 is 2.06 bits per heavy atom. The summed E-state index contributed by atoms with van der Waals surface area (Å²) in [4.78, 5) is 23.6. The number of thiol groups is 1. The lowest BCUT2D eigenvalue weighted by Gasteiger charge is -2.27. The fraction of sp³-hybridized carbons (Fsp3) is 0.333. The van der Waals surface area contributed by atoms with Crippen LogP contribution in [0.3, 0.4) is 0 Å². The Morgan fingerprint density at radius 1 is 1.44 bits per heavy atom. The van der Waals surface area contributed by atoms with Gasteiger partial charge < -0.3 is 10.0 Å². The Hall–Kier alpha value is -1.56. The molecule has 1 rings (SSSR count). The van der Waals surface area contributed by atoms with E-state index in [1.807, 2.05) is 0 Å². The summed E-state index contributed by atoms with van der Waals surface area (Å²) in [5.41, 5.74) is 0.278. The second-order valence-electron chi connectivity index (χ2n) is 3.77. The first kappa shape index (κ1) is 14.5. The third-order valence-corrected chi connectivity index (χ3v) is 2.88. The number of hydrogen-bond acceptors (Lipinski definition) is 3. The standard InChI is InChI=1S/C12H14FNO3S/c1-8(15)14(11(7-18)12(16)17)6-9-4-2-3-5-10(9)13/h2-5,11,18H,6-7H2,1H3,(H,16,17)/t11-/m0/s1. The molecular weight excluding hydrogens is 257 g/mol. The Morgan fingerprint density at radius 3 is 2.50 bits per heavy atom. The molecular formula is C12H14FNO3S. The zero-order chi connectivity index (χ0) is 13.7. The normalized spacial score (nSPS) is 11.9. The molecule has 0 aliphatic heterocycles. The topological polar surface area (TPSA) is 57.6 Å². The number of hydrogen-bond donors (Lipinski definition) is 2. The van der Waals surface area contributed by atoms with E-state index in [-0.39, 0.29) is 17.9 Å². The minimum absolute atomic E-state index is 0.0244. The van der Waals surface area contributed by atoms with E-state index in [0.29, 0.717) is 0 Å². The molecule has 0 aliphatic rings. The van der Waals surface area contributed by atoms with E-state index in [0.717, 1.165) is 4.90 Å². The highest BCUT2D eigenvalue weighted by molar-refractivity contribution is 7.80. The van der Waals surface area contributed by atoms with Crippen LogP contribution in [0, 0.1) is 5.82 Å². The van der Waals surface area contributed by atoms with Crippen molar-refractivity contribution in [3.05, 3.63) is 35.6 Å². The van der Waals surface area contributed by atoms with Crippen LogP contribution in [0.5, 0.6) is 0 Å². The molecule has 0 unspecified atom stereocenters. The fourth-order valence-electron chi connectivity index (χ4n) is 1.56. The van der Waals surface area contributed by atoms with Gasteiger partial charge in [0.25, 0.3) is 0 Å². The molecule has 18 heavy (non-hydrogen) atoms. The summed E-state index contributed by atoms with van der Waals surface area (Å²) in [6.45, 7) is 1.17. The van der Waals surface area contributed by atoms with Crippen molar-refractivity contribution in [2.75, 3.05) is 5.75 Å². The third-order valence-electron chi connectivity index (χ3n) is 2.54. The SMILES string of the molecule is CC(=O)N(Cc1ccccc1F)[C@@H](CS)C(=O)O. The summed E-state index contributed by atoms with van der Waals surface area (Å²) < 4.78 is 13.5. The van der Waals surface area contributed by atoms with Gasteiger partial charge in [0, 0.05) is 24.8 Å². The predicted octanol–water partition coefficient (Wildman–Crippen LogP) is 1.56. The molecule has 0 radical (unpaired) electrons. The monoisotopic (exact) mass is 271 g/mol. The van der Waals surface area contributed by atoms with Gasteiger partial charge in [-0.05, 0) is 6.07 Å². The van der Waals surface area contributed by atoms with Gasteiger partial charge in [-0.15, -0.1) is 0 Å². The minimum atomic E-state index is -1.16. The van der Waals surface area contributed by atoms with Crippen LogP contribution in [-0.2, 0) is 16.1 Å². The van der Waals surface area contributed by atoms with Crippen molar-refractivity contribution in [2.45, 2.75) is 19.5 Å². The van der Waals surface area contributed by atoms with Gasteiger partial charge in [0.1, 0.15) is 11.9 Å². The van der Waals surface area contributed by atoms with Crippen molar-refractivity contribution >= 4 is 24.5 Å². The number of carboxylic acids is 1. The van der Waals surface area contributed by atoms with E-state index in [1.165, 1.54) is 25.1 Å². The van der Waals surface area contributed by atoms with Crippen LogP contribution in [0.15, 0.2) is 24.3 Å². The number of nitrogens with zero attached hydrogens (tertiary/aromatic N) is 1. The molecule has 4 nitrogen and oxygen atoms in total. The first-order valence-electron chi connectivity index (χ1n) is 5.31.